The van der Waals surface area contributed by atoms with E-state index < -0.39 is 21.5 Å². The highest BCUT2D eigenvalue weighted by atomic mass is 32.2. The van der Waals surface area contributed by atoms with Crippen molar-refractivity contribution in [1.29, 1.82) is 0 Å². The average Bonchev–Trinajstić information content (AvgIpc) is 2.72. The number of benzene rings is 1. The van der Waals surface area contributed by atoms with Crippen molar-refractivity contribution >= 4 is 15.7 Å². The molecule has 3 rings (SSSR count). The predicted molar refractivity (Wildman–Crippen MR) is 83.4 cm³/mol. The summed E-state index contributed by atoms with van der Waals surface area (Å²) in [6.45, 7) is 4.22. The maximum Gasteiger partial charge on any atom is 0.233 e. The highest BCUT2D eigenvalue weighted by Crippen LogP contribution is 2.66. The molecule has 1 aromatic carbocycles. The second-order valence-corrected chi connectivity index (χ2v) is 8.81. The molecule has 0 heterocycles. The zero-order valence-electron chi connectivity index (χ0n) is 12.5. The van der Waals surface area contributed by atoms with Gasteiger partial charge in [-0.3, -0.25) is 4.72 Å². The Morgan fingerprint density at radius 3 is 2.48 bits per heavy atom. The van der Waals surface area contributed by atoms with Crippen molar-refractivity contribution in [2.24, 2.45) is 16.7 Å². The summed E-state index contributed by atoms with van der Waals surface area (Å²) in [7, 11) is -3.48. The van der Waals surface area contributed by atoms with Gasteiger partial charge in [0.25, 0.3) is 0 Å². The second-order valence-electron chi connectivity index (χ2n) is 7.09. The van der Waals surface area contributed by atoms with Crippen molar-refractivity contribution < 1.29 is 13.5 Å². The Morgan fingerprint density at radius 2 is 1.95 bits per heavy atom. The molecule has 1 aromatic rings. The summed E-state index contributed by atoms with van der Waals surface area (Å²) in [6, 6.07) is 8.93. The normalized spacial score (nSPS) is 34.0. The molecule has 2 fully saturated rings. The van der Waals surface area contributed by atoms with E-state index in [0.29, 0.717) is 11.6 Å². The molecule has 0 unspecified atom stereocenters. The largest absolute Gasteiger partial charge is 0.392 e. The minimum absolute atomic E-state index is 0.000436. The summed E-state index contributed by atoms with van der Waals surface area (Å²) in [4.78, 5) is 0. The van der Waals surface area contributed by atoms with E-state index >= 15 is 0 Å². The summed E-state index contributed by atoms with van der Waals surface area (Å²) in [5.41, 5.74) is -0.0652. The minimum atomic E-state index is -3.48. The molecule has 5 heteroatoms. The Balaban J connectivity index is 1.85. The lowest BCUT2D eigenvalue weighted by Gasteiger charge is -2.40. The van der Waals surface area contributed by atoms with Crippen molar-refractivity contribution in [3.63, 3.8) is 0 Å². The van der Waals surface area contributed by atoms with Crippen LogP contribution in [0.5, 0.6) is 0 Å². The van der Waals surface area contributed by atoms with Gasteiger partial charge in [-0.25, -0.2) is 8.42 Å². The minimum Gasteiger partial charge on any atom is -0.392 e. The summed E-state index contributed by atoms with van der Waals surface area (Å²) in [5.74, 6) is 0.430. The van der Waals surface area contributed by atoms with E-state index in [2.05, 4.69) is 18.6 Å². The maximum atomic E-state index is 12.5. The third kappa shape index (κ3) is 2.27. The third-order valence-electron chi connectivity index (χ3n) is 5.88. The number of aliphatic hydroxyl groups is 1. The quantitative estimate of drug-likeness (QED) is 0.898. The van der Waals surface area contributed by atoms with Gasteiger partial charge in [0, 0.05) is 11.1 Å². The van der Waals surface area contributed by atoms with Gasteiger partial charge in [-0.05, 0) is 42.7 Å². The molecule has 0 aromatic heterocycles. The standard InChI is InChI=1S/C16H23NO3S/c1-15(2)12-8-9-16(15,14(18)10-12)11-21(19,20)17-13-6-4-3-5-7-13/h3-7,12,14,17-18H,8-11H2,1-2H3/t12-,14+,16-/m1/s1. The molecule has 2 aliphatic rings. The Morgan fingerprint density at radius 1 is 1.29 bits per heavy atom. The van der Waals surface area contributed by atoms with Crippen LogP contribution >= 0.6 is 0 Å². The van der Waals surface area contributed by atoms with Crippen LogP contribution in [0.2, 0.25) is 0 Å². The topological polar surface area (TPSA) is 66.4 Å². The highest BCUT2D eigenvalue weighted by molar-refractivity contribution is 7.92. The van der Waals surface area contributed by atoms with Gasteiger partial charge in [0.15, 0.2) is 0 Å². The summed E-state index contributed by atoms with van der Waals surface area (Å²) >= 11 is 0. The van der Waals surface area contributed by atoms with Crippen molar-refractivity contribution in [2.45, 2.75) is 39.2 Å². The van der Waals surface area contributed by atoms with Crippen LogP contribution in [-0.4, -0.2) is 25.4 Å². The number of rotatable bonds is 4. The SMILES string of the molecule is CC1(C)[C@@H]2CC[C@@]1(CS(=O)(=O)Nc1ccccc1)[C@@H](O)C2. The Hall–Kier alpha value is -1.07. The van der Waals surface area contributed by atoms with Crippen molar-refractivity contribution in [3.05, 3.63) is 30.3 Å². The van der Waals surface area contributed by atoms with E-state index in [1.807, 2.05) is 6.07 Å². The first-order valence-electron chi connectivity index (χ1n) is 7.50. The predicted octanol–water partition coefficient (Wildman–Crippen LogP) is 2.62. The van der Waals surface area contributed by atoms with E-state index in [4.69, 9.17) is 0 Å². The van der Waals surface area contributed by atoms with Crippen LogP contribution in [0.1, 0.15) is 33.1 Å². The zero-order valence-corrected chi connectivity index (χ0v) is 13.4. The van der Waals surface area contributed by atoms with Crippen molar-refractivity contribution in [3.8, 4) is 0 Å². The molecule has 0 spiro atoms. The van der Waals surface area contributed by atoms with Crippen LogP contribution in [0.25, 0.3) is 0 Å². The van der Waals surface area contributed by atoms with Crippen LogP contribution in [0.3, 0.4) is 0 Å². The van der Waals surface area contributed by atoms with Crippen LogP contribution < -0.4 is 4.72 Å². The van der Waals surface area contributed by atoms with Gasteiger partial charge in [0.1, 0.15) is 0 Å². The van der Waals surface area contributed by atoms with E-state index in [9.17, 15) is 13.5 Å². The van der Waals surface area contributed by atoms with Crippen LogP contribution in [0.15, 0.2) is 30.3 Å². The molecular formula is C16H23NO3S. The van der Waals surface area contributed by atoms with Crippen molar-refractivity contribution in [1.82, 2.24) is 0 Å². The lowest BCUT2D eigenvalue weighted by Crippen LogP contribution is -2.45. The number of fused-ring (bicyclic) bond motifs is 2. The first-order chi connectivity index (χ1) is 9.77. The van der Waals surface area contributed by atoms with E-state index in [1.165, 1.54) is 0 Å². The fourth-order valence-corrected chi connectivity index (χ4v) is 6.39. The van der Waals surface area contributed by atoms with Gasteiger partial charge in [0.05, 0.1) is 11.9 Å². The van der Waals surface area contributed by atoms with E-state index in [1.54, 1.807) is 24.3 Å². The fourth-order valence-electron chi connectivity index (χ4n) is 4.44. The average molecular weight is 309 g/mol. The molecule has 0 aliphatic heterocycles. The number of para-hydroxylation sites is 1. The lowest BCUT2D eigenvalue weighted by atomic mass is 9.70. The molecule has 116 valence electrons. The van der Waals surface area contributed by atoms with Gasteiger partial charge in [-0.2, -0.15) is 0 Å². The van der Waals surface area contributed by atoms with Gasteiger partial charge in [-0.1, -0.05) is 32.0 Å². The molecular weight excluding hydrogens is 286 g/mol. The molecule has 0 amide bonds. The molecule has 2 saturated carbocycles. The molecule has 0 saturated heterocycles. The lowest BCUT2D eigenvalue weighted by molar-refractivity contribution is 0.0154. The van der Waals surface area contributed by atoms with Gasteiger partial charge in [0.2, 0.25) is 10.0 Å². The molecule has 2 bridgehead atoms. The Kier molecular flexibility index (Phi) is 3.33. The van der Waals surface area contributed by atoms with Crippen LogP contribution in [0.4, 0.5) is 5.69 Å². The van der Waals surface area contributed by atoms with Crippen LogP contribution in [0, 0.1) is 16.7 Å². The molecule has 2 aliphatic carbocycles. The van der Waals surface area contributed by atoms with E-state index in [0.717, 1.165) is 19.3 Å². The Labute approximate surface area is 126 Å². The summed E-state index contributed by atoms with van der Waals surface area (Å²) in [6.07, 6.45) is 2.03. The van der Waals surface area contributed by atoms with Gasteiger partial charge < -0.3 is 5.11 Å². The molecule has 4 nitrogen and oxygen atoms in total. The maximum absolute atomic E-state index is 12.5. The van der Waals surface area contributed by atoms with Crippen molar-refractivity contribution in [2.75, 3.05) is 10.5 Å². The Bertz CT molecular complexity index is 626. The van der Waals surface area contributed by atoms with E-state index in [-0.39, 0.29) is 11.2 Å². The third-order valence-corrected chi connectivity index (χ3v) is 7.33. The zero-order chi connectivity index (χ0) is 15.3. The number of hydrogen-bond donors (Lipinski definition) is 2. The molecule has 3 atom stereocenters. The van der Waals surface area contributed by atoms with Crippen LogP contribution in [-0.2, 0) is 10.0 Å². The number of aliphatic hydroxyl groups excluding tert-OH is 1. The fraction of sp³-hybridized carbons (Fsp3) is 0.625. The number of hydrogen-bond acceptors (Lipinski definition) is 3. The number of anilines is 1. The first kappa shape index (κ1) is 14.9. The molecule has 2 N–H and O–H groups in total. The number of nitrogens with one attached hydrogen (secondary N) is 1. The molecule has 21 heavy (non-hydrogen) atoms. The first-order valence-corrected chi connectivity index (χ1v) is 9.16. The highest BCUT2D eigenvalue weighted by Gasteiger charge is 2.64. The molecule has 0 radical (unpaired) electrons. The second kappa shape index (κ2) is 4.71. The summed E-state index contributed by atoms with van der Waals surface area (Å²) < 4.78 is 27.7. The monoisotopic (exact) mass is 309 g/mol. The smallest absolute Gasteiger partial charge is 0.233 e. The summed E-state index contributed by atoms with van der Waals surface area (Å²) in [5, 5.41) is 10.4. The number of sulfonamides is 1. The van der Waals surface area contributed by atoms with Gasteiger partial charge >= 0.3 is 0 Å². The van der Waals surface area contributed by atoms with Gasteiger partial charge in [-0.15, -0.1) is 0 Å².